The van der Waals surface area contributed by atoms with Gasteiger partial charge in [0.15, 0.2) is 5.69 Å². The van der Waals surface area contributed by atoms with Crippen LogP contribution in [0, 0.1) is 11.3 Å². The first kappa shape index (κ1) is 18.3. The normalized spacial score (nSPS) is 13.8. The summed E-state index contributed by atoms with van der Waals surface area (Å²) in [5.74, 6) is -0.576. The maximum absolute atomic E-state index is 13.4. The second-order valence-electron chi connectivity index (χ2n) is 5.91. The third-order valence-corrected chi connectivity index (χ3v) is 4.47. The number of alkyl halides is 3. The highest BCUT2D eigenvalue weighted by molar-refractivity contribution is 6.33. The molecule has 0 radical (unpaired) electrons. The molecule has 0 aliphatic heterocycles. The van der Waals surface area contributed by atoms with E-state index in [4.69, 9.17) is 16.9 Å². The zero-order valence-electron chi connectivity index (χ0n) is 13.5. The number of fused-ring (bicyclic) bond motifs is 1. The zero-order chi connectivity index (χ0) is 18.9. The molecule has 1 N–H and O–H groups in total. The Balaban J connectivity index is 2.17. The summed E-state index contributed by atoms with van der Waals surface area (Å²) in [5.41, 5.74) is 0.100. The lowest BCUT2D eigenvalue weighted by molar-refractivity contribution is -0.142. The smallest absolute Gasteiger partial charge is 0.323 e. The molecule has 0 bridgehead atoms. The van der Waals surface area contributed by atoms with Gasteiger partial charge in [-0.05, 0) is 37.8 Å². The van der Waals surface area contributed by atoms with E-state index in [1.54, 1.807) is 12.1 Å². The number of carbonyl (C=O) groups excluding carboxylic acids is 1. The van der Waals surface area contributed by atoms with Crippen LogP contribution in [0.15, 0.2) is 18.2 Å². The Hall–Kier alpha value is -2.53. The van der Waals surface area contributed by atoms with Gasteiger partial charge in [-0.15, -0.1) is 0 Å². The molecule has 0 atom stereocenters. The minimum absolute atomic E-state index is 0.157. The van der Waals surface area contributed by atoms with E-state index in [0.29, 0.717) is 25.0 Å². The molecular formula is C17H14ClF3N4O. The molecule has 1 aliphatic rings. The summed E-state index contributed by atoms with van der Waals surface area (Å²) in [4.78, 5) is 11.8. The van der Waals surface area contributed by atoms with Crippen LogP contribution in [0.25, 0.3) is 5.69 Å². The van der Waals surface area contributed by atoms with Gasteiger partial charge in [-0.2, -0.15) is 23.5 Å². The van der Waals surface area contributed by atoms with Crippen LogP contribution in [-0.2, 0) is 23.8 Å². The molecule has 0 saturated carbocycles. The molecule has 136 valence electrons. The number of nitriles is 1. The number of para-hydroxylation sites is 1. The van der Waals surface area contributed by atoms with Crippen LogP contribution in [0.1, 0.15) is 36.2 Å². The van der Waals surface area contributed by atoms with Gasteiger partial charge in [0.2, 0.25) is 5.91 Å². The van der Waals surface area contributed by atoms with Gasteiger partial charge in [0.25, 0.3) is 0 Å². The molecule has 0 saturated heterocycles. The highest BCUT2D eigenvalue weighted by atomic mass is 35.5. The summed E-state index contributed by atoms with van der Waals surface area (Å²) in [6, 6.07) is 6.31. The molecule has 1 aromatic heterocycles. The molecule has 3 rings (SSSR count). The largest absolute Gasteiger partial charge is 0.435 e. The van der Waals surface area contributed by atoms with Crippen molar-refractivity contribution in [2.75, 3.05) is 5.32 Å². The fraction of sp³-hybridized carbons (Fsp3) is 0.353. The fourth-order valence-corrected chi connectivity index (χ4v) is 3.36. The van der Waals surface area contributed by atoms with Crippen molar-refractivity contribution in [3.8, 4) is 11.8 Å². The molecule has 26 heavy (non-hydrogen) atoms. The molecule has 1 aromatic carbocycles. The lowest BCUT2D eigenvalue weighted by Gasteiger charge is -2.17. The second kappa shape index (κ2) is 7.00. The van der Waals surface area contributed by atoms with E-state index >= 15 is 0 Å². The van der Waals surface area contributed by atoms with E-state index in [9.17, 15) is 18.0 Å². The van der Waals surface area contributed by atoms with Crippen molar-refractivity contribution >= 4 is 23.2 Å². The van der Waals surface area contributed by atoms with Gasteiger partial charge < -0.3 is 5.32 Å². The van der Waals surface area contributed by atoms with Crippen LogP contribution >= 0.6 is 11.6 Å². The lowest BCUT2D eigenvalue weighted by Crippen LogP contribution is -2.15. The first-order chi connectivity index (χ1) is 12.3. The van der Waals surface area contributed by atoms with E-state index in [0.717, 1.165) is 6.42 Å². The maximum Gasteiger partial charge on any atom is 0.435 e. The van der Waals surface area contributed by atoms with Crippen molar-refractivity contribution < 1.29 is 18.0 Å². The van der Waals surface area contributed by atoms with Gasteiger partial charge in [-0.3, -0.25) is 4.79 Å². The molecular weight excluding hydrogens is 369 g/mol. The van der Waals surface area contributed by atoms with Crippen molar-refractivity contribution in [2.24, 2.45) is 0 Å². The molecule has 0 fully saturated rings. The summed E-state index contributed by atoms with van der Waals surface area (Å²) >= 11 is 6.23. The minimum Gasteiger partial charge on any atom is -0.323 e. The van der Waals surface area contributed by atoms with Crippen molar-refractivity contribution in [1.29, 1.82) is 5.26 Å². The predicted octanol–water partition coefficient (Wildman–Crippen LogP) is 4.28. The maximum atomic E-state index is 13.4. The number of halogens is 4. The Kier molecular flexibility index (Phi) is 4.92. The van der Waals surface area contributed by atoms with E-state index in [1.165, 1.54) is 16.8 Å². The first-order valence-electron chi connectivity index (χ1n) is 7.96. The summed E-state index contributed by atoms with van der Waals surface area (Å²) in [5, 5.41) is 15.1. The molecule has 5 nitrogen and oxygen atoms in total. The van der Waals surface area contributed by atoms with Crippen molar-refractivity contribution in [3.05, 3.63) is 40.2 Å². The number of nitrogens with one attached hydrogen (secondary N) is 1. The Bertz CT molecular complexity index is 899. The van der Waals surface area contributed by atoms with Crippen LogP contribution in [-0.4, -0.2) is 15.7 Å². The Morgan fingerprint density at radius 3 is 2.77 bits per heavy atom. The Labute approximate surface area is 152 Å². The third kappa shape index (κ3) is 3.40. The molecule has 2 aromatic rings. The van der Waals surface area contributed by atoms with Crippen molar-refractivity contribution in [3.63, 3.8) is 0 Å². The van der Waals surface area contributed by atoms with E-state index in [1.807, 2.05) is 0 Å². The van der Waals surface area contributed by atoms with Crippen molar-refractivity contribution in [1.82, 2.24) is 9.78 Å². The molecule has 9 heteroatoms. The number of benzene rings is 1. The van der Waals surface area contributed by atoms with Crippen LogP contribution in [0.4, 0.5) is 18.9 Å². The summed E-state index contributed by atoms with van der Waals surface area (Å²) in [6.07, 6.45) is -2.80. The molecule has 0 unspecified atom stereocenters. The number of rotatable bonds is 3. The lowest BCUT2D eigenvalue weighted by atomic mass is 9.95. The van der Waals surface area contributed by atoms with Gasteiger partial charge in [0, 0.05) is 11.3 Å². The Morgan fingerprint density at radius 1 is 1.35 bits per heavy atom. The fourth-order valence-electron chi connectivity index (χ4n) is 3.11. The van der Waals surface area contributed by atoms with Gasteiger partial charge in [0.1, 0.15) is 12.1 Å². The van der Waals surface area contributed by atoms with Crippen LogP contribution < -0.4 is 5.32 Å². The van der Waals surface area contributed by atoms with Crippen LogP contribution in [0.3, 0.4) is 0 Å². The minimum atomic E-state index is -4.57. The number of amides is 1. The number of hydrogen-bond donors (Lipinski definition) is 1. The van der Waals surface area contributed by atoms with E-state index < -0.39 is 17.8 Å². The number of hydrogen-bond acceptors (Lipinski definition) is 3. The van der Waals surface area contributed by atoms with Gasteiger partial charge in [0.05, 0.1) is 16.8 Å². The highest BCUT2D eigenvalue weighted by Gasteiger charge is 2.40. The monoisotopic (exact) mass is 382 g/mol. The zero-order valence-corrected chi connectivity index (χ0v) is 14.3. The number of anilines is 1. The standard InChI is InChI=1S/C17H14ClF3N4O/c18-11-5-3-6-12(23-14(26)8-9-22)15(11)25-13-7-2-1-4-10(13)16(24-25)17(19,20)21/h3,5-6H,1-2,4,7-8H2,(H,23,26). The number of aromatic nitrogens is 2. The van der Waals surface area contributed by atoms with Crippen LogP contribution in [0.2, 0.25) is 5.02 Å². The van der Waals surface area contributed by atoms with Gasteiger partial charge >= 0.3 is 6.18 Å². The quantitative estimate of drug-likeness (QED) is 0.861. The number of carbonyl (C=O) groups is 1. The third-order valence-electron chi connectivity index (χ3n) is 4.16. The summed E-state index contributed by atoms with van der Waals surface area (Å²) in [7, 11) is 0. The highest BCUT2D eigenvalue weighted by Crippen LogP contribution is 2.39. The van der Waals surface area contributed by atoms with Crippen LogP contribution in [0.5, 0.6) is 0 Å². The van der Waals surface area contributed by atoms with Crippen molar-refractivity contribution in [2.45, 2.75) is 38.3 Å². The average Bonchev–Trinajstić information content (AvgIpc) is 2.95. The summed E-state index contributed by atoms with van der Waals surface area (Å²) < 4.78 is 41.4. The predicted molar refractivity (Wildman–Crippen MR) is 89.1 cm³/mol. The topological polar surface area (TPSA) is 70.7 Å². The van der Waals surface area contributed by atoms with E-state index in [-0.39, 0.29) is 28.4 Å². The molecule has 0 spiro atoms. The van der Waals surface area contributed by atoms with E-state index in [2.05, 4.69) is 10.4 Å². The second-order valence-corrected chi connectivity index (χ2v) is 6.32. The molecule has 1 heterocycles. The van der Waals surface area contributed by atoms with Gasteiger partial charge in [-0.25, -0.2) is 4.68 Å². The summed E-state index contributed by atoms with van der Waals surface area (Å²) in [6.45, 7) is 0. The SMILES string of the molecule is N#CCC(=O)Nc1cccc(Cl)c1-n1nc(C(F)(F)F)c2c1CCCC2. The first-order valence-corrected chi connectivity index (χ1v) is 8.34. The molecule has 1 aliphatic carbocycles. The average molecular weight is 383 g/mol. The molecule has 1 amide bonds. The Morgan fingerprint density at radius 2 is 2.08 bits per heavy atom. The van der Waals surface area contributed by atoms with Gasteiger partial charge in [-0.1, -0.05) is 17.7 Å². The number of nitrogens with zero attached hydrogens (tertiary/aromatic N) is 3.